The lowest BCUT2D eigenvalue weighted by Crippen LogP contribution is -2.61. The summed E-state index contributed by atoms with van der Waals surface area (Å²) in [6.07, 6.45) is 0.151. The number of carbonyl (C=O) groups excluding carboxylic acids is 7. The van der Waals surface area contributed by atoms with Crippen molar-refractivity contribution in [2.24, 2.45) is 29.4 Å². The zero-order valence-corrected chi connectivity index (χ0v) is 34.8. The summed E-state index contributed by atoms with van der Waals surface area (Å²) < 4.78 is 0. The van der Waals surface area contributed by atoms with E-state index in [1.807, 2.05) is 13.8 Å². The largest absolute Gasteiger partial charge is 0.480 e. The molecule has 12 N–H and O–H groups in total. The Morgan fingerprint density at radius 1 is 0.517 bits per heavy atom. The van der Waals surface area contributed by atoms with Gasteiger partial charge in [0.1, 0.15) is 42.3 Å². The van der Waals surface area contributed by atoms with Crippen LogP contribution in [0.3, 0.4) is 0 Å². The fourth-order valence-electron chi connectivity index (χ4n) is 5.49. The summed E-state index contributed by atoms with van der Waals surface area (Å²) in [5.41, 5.74) is 6.70. The molecule has 1 rings (SSSR count). The van der Waals surface area contributed by atoms with E-state index in [0.29, 0.717) is 5.56 Å². The smallest absolute Gasteiger partial charge is 0.328 e. The number of hydrogen-bond donors (Lipinski definition) is 11. The fourth-order valence-corrected chi connectivity index (χ4v) is 5.49. The van der Waals surface area contributed by atoms with Gasteiger partial charge in [-0.25, -0.2) is 4.79 Å². The molecule has 0 aliphatic rings. The van der Waals surface area contributed by atoms with Crippen molar-refractivity contribution in [2.45, 2.75) is 123 Å². The van der Waals surface area contributed by atoms with Gasteiger partial charge in [-0.05, 0) is 42.6 Å². The Hall–Kier alpha value is -5.14. The van der Waals surface area contributed by atoms with Gasteiger partial charge in [0.25, 0.3) is 0 Å². The molecule has 1 aromatic carbocycles. The predicted octanol–water partition coefficient (Wildman–Crippen LogP) is -1.95. The number of aliphatic carboxylic acids is 1. The van der Waals surface area contributed by atoms with Crippen LogP contribution in [0.25, 0.3) is 0 Å². The summed E-state index contributed by atoms with van der Waals surface area (Å²) in [6.45, 7) is 13.2. The fraction of sp³-hybridized carbons (Fsp3) is 0.641. The van der Waals surface area contributed by atoms with Crippen LogP contribution in [0.15, 0.2) is 30.3 Å². The first kappa shape index (κ1) is 50.9. The van der Waals surface area contributed by atoms with Gasteiger partial charge in [0.15, 0.2) is 0 Å². The molecule has 0 bridgehead atoms. The number of hydrogen-bond acceptors (Lipinski definition) is 11. The van der Waals surface area contributed by atoms with Crippen molar-refractivity contribution in [3.8, 4) is 0 Å². The first-order chi connectivity index (χ1) is 27.0. The zero-order valence-electron chi connectivity index (χ0n) is 34.8. The van der Waals surface area contributed by atoms with Crippen LogP contribution in [-0.4, -0.2) is 124 Å². The minimum atomic E-state index is -1.63. The number of aliphatic hydroxyl groups is 2. The first-order valence-corrected chi connectivity index (χ1v) is 19.4. The topological polar surface area (TPSA) is 307 Å². The molecule has 19 nitrogen and oxygen atoms in total. The van der Waals surface area contributed by atoms with E-state index in [2.05, 4.69) is 37.2 Å². The van der Waals surface area contributed by atoms with Crippen molar-refractivity contribution >= 4 is 47.3 Å². The van der Waals surface area contributed by atoms with Gasteiger partial charge in [0.2, 0.25) is 41.4 Å². The monoisotopic (exact) mass is 820 g/mol. The van der Waals surface area contributed by atoms with Crippen LogP contribution in [0, 0.1) is 23.7 Å². The van der Waals surface area contributed by atoms with Crippen LogP contribution in [0.5, 0.6) is 0 Å². The number of carboxylic acid groups (broad SMARTS) is 1. The van der Waals surface area contributed by atoms with E-state index in [1.54, 1.807) is 71.9 Å². The highest BCUT2D eigenvalue weighted by Crippen LogP contribution is 2.11. The van der Waals surface area contributed by atoms with Crippen molar-refractivity contribution in [1.82, 2.24) is 37.2 Å². The van der Waals surface area contributed by atoms with Crippen LogP contribution >= 0.6 is 0 Å². The average Bonchev–Trinajstić information content (AvgIpc) is 3.15. The standard InChI is InChI=1S/C39H64N8O11/c1-19(2)15-25(33(51)41-23(9)32(50)44-27(17-48)35(53)46-30(21(5)6)38(56)45-28(18-49)39(57)58)42-34(52)26(16-24-13-11-10-12-14-24)43-37(55)31(22(7)8)47-36(54)29(40)20(3)4/h10-14,19-23,25-31,48-49H,15-18,40H2,1-9H3,(H,41,51)(H,42,52)(H,43,55)(H,44,50)(H,45,56)(H,46,53)(H,47,54)(H,57,58)/t23-,25-,26-,27-,28-,29-,30-,31-/m0/s1. The summed E-state index contributed by atoms with van der Waals surface area (Å²) in [5, 5.41) is 45.8. The van der Waals surface area contributed by atoms with Gasteiger partial charge < -0.3 is 58.3 Å². The lowest BCUT2D eigenvalue weighted by molar-refractivity contribution is -0.143. The van der Waals surface area contributed by atoms with Crippen LogP contribution in [0.1, 0.15) is 74.3 Å². The Balaban J connectivity index is 3.19. The quantitative estimate of drug-likeness (QED) is 0.0543. The number of aliphatic hydroxyl groups excluding tert-OH is 2. The number of carboxylic acids is 1. The van der Waals surface area contributed by atoms with Gasteiger partial charge >= 0.3 is 5.97 Å². The number of rotatable bonds is 24. The molecule has 19 heteroatoms. The van der Waals surface area contributed by atoms with Crippen LogP contribution in [-0.2, 0) is 44.8 Å². The summed E-state index contributed by atoms with van der Waals surface area (Å²) in [7, 11) is 0. The van der Waals surface area contributed by atoms with E-state index in [-0.39, 0.29) is 30.6 Å². The first-order valence-electron chi connectivity index (χ1n) is 19.4. The summed E-state index contributed by atoms with van der Waals surface area (Å²) in [6, 6.07) is -1.31. The van der Waals surface area contributed by atoms with E-state index in [4.69, 9.17) is 10.8 Å². The molecule has 0 spiro atoms. The maximum Gasteiger partial charge on any atom is 0.328 e. The molecule has 0 heterocycles. The molecule has 0 fully saturated rings. The maximum atomic E-state index is 13.9. The molecule has 1 aromatic rings. The van der Waals surface area contributed by atoms with E-state index < -0.39 is 115 Å². The van der Waals surface area contributed by atoms with E-state index >= 15 is 0 Å². The lowest BCUT2D eigenvalue weighted by Gasteiger charge is -2.29. The van der Waals surface area contributed by atoms with E-state index in [1.165, 1.54) is 6.92 Å². The van der Waals surface area contributed by atoms with Gasteiger partial charge in [0, 0.05) is 6.42 Å². The molecule has 58 heavy (non-hydrogen) atoms. The van der Waals surface area contributed by atoms with Gasteiger partial charge in [-0.2, -0.15) is 0 Å². The molecule has 326 valence electrons. The average molecular weight is 821 g/mol. The molecule has 0 aromatic heterocycles. The molecule has 7 amide bonds. The van der Waals surface area contributed by atoms with Crippen molar-refractivity contribution < 1.29 is 53.7 Å². The lowest BCUT2D eigenvalue weighted by atomic mass is 9.98. The Morgan fingerprint density at radius 2 is 0.948 bits per heavy atom. The molecule has 0 saturated heterocycles. The minimum Gasteiger partial charge on any atom is -0.480 e. The summed E-state index contributed by atoms with van der Waals surface area (Å²) in [4.78, 5) is 104. The third kappa shape index (κ3) is 16.8. The van der Waals surface area contributed by atoms with Crippen LogP contribution < -0.4 is 43.0 Å². The molecule has 0 unspecified atom stereocenters. The van der Waals surface area contributed by atoms with E-state index in [9.17, 15) is 48.6 Å². The Labute approximate surface area is 339 Å². The van der Waals surface area contributed by atoms with Crippen molar-refractivity contribution in [2.75, 3.05) is 13.2 Å². The normalized spacial score (nSPS) is 15.5. The predicted molar refractivity (Wildman–Crippen MR) is 213 cm³/mol. The highest BCUT2D eigenvalue weighted by Gasteiger charge is 2.35. The third-order valence-corrected chi connectivity index (χ3v) is 9.14. The van der Waals surface area contributed by atoms with Crippen LogP contribution in [0.4, 0.5) is 0 Å². The Bertz CT molecular complexity index is 1560. The maximum absolute atomic E-state index is 13.9. The summed E-state index contributed by atoms with van der Waals surface area (Å²) >= 11 is 0. The molecule has 0 radical (unpaired) electrons. The molecule has 0 aliphatic heterocycles. The van der Waals surface area contributed by atoms with Crippen LogP contribution in [0.2, 0.25) is 0 Å². The van der Waals surface area contributed by atoms with Gasteiger partial charge in [-0.3, -0.25) is 33.6 Å². The minimum absolute atomic E-state index is 0.0308. The Kier molecular flexibility index (Phi) is 21.6. The second kappa shape index (κ2) is 24.6. The van der Waals surface area contributed by atoms with E-state index in [0.717, 1.165) is 0 Å². The highest BCUT2D eigenvalue weighted by molar-refractivity contribution is 5.97. The second-order valence-electron chi connectivity index (χ2n) is 15.7. The summed E-state index contributed by atoms with van der Waals surface area (Å²) in [5.74, 6) is -8.24. The molecule has 0 aliphatic carbocycles. The van der Waals surface area contributed by atoms with Crippen molar-refractivity contribution in [3.63, 3.8) is 0 Å². The number of nitrogens with one attached hydrogen (secondary N) is 7. The van der Waals surface area contributed by atoms with Crippen molar-refractivity contribution in [1.29, 1.82) is 0 Å². The third-order valence-electron chi connectivity index (χ3n) is 9.14. The Morgan fingerprint density at radius 3 is 1.40 bits per heavy atom. The molecule has 0 saturated carbocycles. The molecule has 8 atom stereocenters. The van der Waals surface area contributed by atoms with Gasteiger partial charge in [0.05, 0.1) is 19.3 Å². The molecular weight excluding hydrogens is 756 g/mol. The second-order valence-corrected chi connectivity index (χ2v) is 15.7. The van der Waals surface area contributed by atoms with Gasteiger partial charge in [-0.15, -0.1) is 0 Å². The highest BCUT2D eigenvalue weighted by atomic mass is 16.4. The number of amides is 7. The van der Waals surface area contributed by atoms with Crippen molar-refractivity contribution in [3.05, 3.63) is 35.9 Å². The SMILES string of the molecule is CC(C)C[C@H](NC(=O)[C@H](Cc1ccccc1)NC(=O)[C@@H](NC(=O)[C@@H](N)C(C)C)C(C)C)C(=O)N[C@@H](C)C(=O)N[C@@H](CO)C(=O)N[C@H](C(=O)N[C@@H](CO)C(=O)O)C(C)C. The number of nitrogens with two attached hydrogens (primary N) is 1. The number of carbonyl (C=O) groups is 8. The zero-order chi connectivity index (χ0) is 44.4. The molecular formula is C39H64N8O11. The number of benzene rings is 1. The van der Waals surface area contributed by atoms with Gasteiger partial charge in [-0.1, -0.05) is 85.7 Å².